The Morgan fingerprint density at radius 2 is 1.79 bits per heavy atom. The van der Waals surface area contributed by atoms with E-state index in [2.05, 4.69) is 37.0 Å². The first-order valence-corrected chi connectivity index (χ1v) is 9.07. The van der Waals surface area contributed by atoms with Gasteiger partial charge in [-0.15, -0.1) is 0 Å². The van der Waals surface area contributed by atoms with Crippen molar-refractivity contribution in [2.75, 3.05) is 13.1 Å². The van der Waals surface area contributed by atoms with Gasteiger partial charge in [0.1, 0.15) is 5.84 Å². The van der Waals surface area contributed by atoms with Gasteiger partial charge in [0.25, 0.3) is 0 Å². The highest BCUT2D eigenvalue weighted by molar-refractivity contribution is 7.98. The molecule has 0 aromatic heterocycles. The average Bonchev–Trinajstić information content (AvgIpc) is 2.44. The molecule has 2 nitrogen and oxygen atoms in total. The number of aliphatic imine (C=N–C) groups is 1. The summed E-state index contributed by atoms with van der Waals surface area (Å²) >= 11 is 2.07. The molecule has 0 aliphatic heterocycles. The Bertz CT molecular complexity index is 247. The van der Waals surface area contributed by atoms with Crippen LogP contribution in [0, 0.1) is 0 Å². The topological polar surface area (TPSA) is 15.6 Å². The van der Waals surface area contributed by atoms with E-state index >= 15 is 0 Å². The molecule has 3 heteroatoms. The van der Waals surface area contributed by atoms with Crippen LogP contribution >= 0.6 is 11.9 Å². The fourth-order valence-electron chi connectivity index (χ4n) is 2.42. The van der Waals surface area contributed by atoms with Gasteiger partial charge in [-0.3, -0.25) is 4.99 Å². The van der Waals surface area contributed by atoms with Crippen molar-refractivity contribution < 1.29 is 0 Å². The van der Waals surface area contributed by atoms with Crippen molar-refractivity contribution in [3.05, 3.63) is 0 Å². The monoisotopic (exact) mass is 284 g/mol. The Kier molecular flexibility index (Phi) is 9.40. The maximum atomic E-state index is 4.75. The predicted octanol–water partition coefficient (Wildman–Crippen LogP) is 5.29. The highest BCUT2D eigenvalue weighted by Crippen LogP contribution is 2.31. The van der Waals surface area contributed by atoms with Gasteiger partial charge in [0.2, 0.25) is 0 Å². The second-order valence-electron chi connectivity index (χ2n) is 5.60. The number of unbranched alkanes of at least 4 members (excludes halogenated alkanes) is 2. The second-order valence-corrected chi connectivity index (χ2v) is 6.92. The third kappa shape index (κ3) is 7.24. The third-order valence-corrected chi connectivity index (χ3v) is 5.23. The van der Waals surface area contributed by atoms with Crippen molar-refractivity contribution in [2.45, 2.75) is 83.8 Å². The van der Waals surface area contributed by atoms with Crippen LogP contribution in [0.2, 0.25) is 0 Å². The van der Waals surface area contributed by atoms with Crippen LogP contribution in [0.4, 0.5) is 0 Å². The molecule has 0 aromatic rings. The summed E-state index contributed by atoms with van der Waals surface area (Å²) in [6, 6.07) is 0. The van der Waals surface area contributed by atoms with E-state index in [9.17, 15) is 0 Å². The molecule has 19 heavy (non-hydrogen) atoms. The molecule has 1 fully saturated rings. The standard InChI is InChI=1S/C16H32N2S/c1-4-6-13-17-15(3)18(14-7-5-2)19-16-11-9-8-10-12-16/h16H,4-14H2,1-3H3/b17-15+. The molecule has 0 spiro atoms. The summed E-state index contributed by atoms with van der Waals surface area (Å²) in [5.74, 6) is 1.25. The van der Waals surface area contributed by atoms with Crippen LogP contribution in [0.25, 0.3) is 0 Å². The van der Waals surface area contributed by atoms with Gasteiger partial charge in [0, 0.05) is 18.3 Å². The van der Waals surface area contributed by atoms with Crippen molar-refractivity contribution in [1.29, 1.82) is 0 Å². The minimum absolute atomic E-state index is 0.835. The van der Waals surface area contributed by atoms with Gasteiger partial charge in [0.15, 0.2) is 0 Å². The first-order chi connectivity index (χ1) is 9.27. The zero-order chi connectivity index (χ0) is 13.9. The summed E-state index contributed by atoms with van der Waals surface area (Å²) in [5.41, 5.74) is 0. The van der Waals surface area contributed by atoms with E-state index in [-0.39, 0.29) is 0 Å². The highest BCUT2D eigenvalue weighted by atomic mass is 32.2. The van der Waals surface area contributed by atoms with E-state index in [0.717, 1.165) is 11.8 Å². The van der Waals surface area contributed by atoms with Gasteiger partial charge in [-0.25, -0.2) is 0 Å². The SMILES string of the molecule is CCCC/N=C(\C)N(CCCC)SC1CCCCC1. The summed E-state index contributed by atoms with van der Waals surface area (Å²) < 4.78 is 2.48. The van der Waals surface area contributed by atoms with Crippen LogP contribution in [-0.4, -0.2) is 28.5 Å². The second kappa shape index (κ2) is 10.6. The van der Waals surface area contributed by atoms with E-state index in [1.165, 1.54) is 70.2 Å². The van der Waals surface area contributed by atoms with Crippen LogP contribution in [0.5, 0.6) is 0 Å². The summed E-state index contributed by atoms with van der Waals surface area (Å²) in [4.78, 5) is 4.75. The fraction of sp³-hybridized carbons (Fsp3) is 0.938. The maximum absolute atomic E-state index is 4.75. The number of hydrogen-bond acceptors (Lipinski definition) is 2. The Morgan fingerprint density at radius 3 is 2.42 bits per heavy atom. The normalized spacial score (nSPS) is 17.7. The minimum Gasteiger partial charge on any atom is -0.304 e. The molecule has 0 saturated heterocycles. The molecule has 0 aromatic carbocycles. The van der Waals surface area contributed by atoms with Gasteiger partial charge in [-0.1, -0.05) is 46.0 Å². The highest BCUT2D eigenvalue weighted by Gasteiger charge is 2.18. The largest absolute Gasteiger partial charge is 0.304 e. The molecule has 1 rings (SSSR count). The summed E-state index contributed by atoms with van der Waals surface area (Å²) in [6.45, 7) is 8.86. The smallest absolute Gasteiger partial charge is 0.106 e. The lowest BCUT2D eigenvalue weighted by atomic mass is 10.0. The quantitative estimate of drug-likeness (QED) is 0.260. The maximum Gasteiger partial charge on any atom is 0.106 e. The van der Waals surface area contributed by atoms with Crippen molar-refractivity contribution in [3.63, 3.8) is 0 Å². The van der Waals surface area contributed by atoms with E-state index < -0.39 is 0 Å². The van der Waals surface area contributed by atoms with Crippen molar-refractivity contribution in [3.8, 4) is 0 Å². The zero-order valence-electron chi connectivity index (χ0n) is 13.2. The Labute approximate surface area is 124 Å². The molecule has 1 aliphatic carbocycles. The number of rotatable bonds is 8. The van der Waals surface area contributed by atoms with Gasteiger partial charge in [0.05, 0.1) is 0 Å². The molecular formula is C16H32N2S. The molecule has 0 radical (unpaired) electrons. The molecule has 0 atom stereocenters. The summed E-state index contributed by atoms with van der Waals surface area (Å²) in [5, 5.41) is 0.835. The zero-order valence-corrected chi connectivity index (χ0v) is 14.0. The minimum atomic E-state index is 0.835. The lowest BCUT2D eigenvalue weighted by Crippen LogP contribution is -2.27. The lowest BCUT2D eigenvalue weighted by Gasteiger charge is -2.29. The van der Waals surface area contributed by atoms with Crippen LogP contribution in [-0.2, 0) is 0 Å². The van der Waals surface area contributed by atoms with Crippen LogP contribution in [0.15, 0.2) is 4.99 Å². The van der Waals surface area contributed by atoms with E-state index in [1.807, 2.05) is 0 Å². The van der Waals surface area contributed by atoms with Gasteiger partial charge < -0.3 is 4.31 Å². The molecule has 0 amide bonds. The Hall–Kier alpha value is -0.180. The van der Waals surface area contributed by atoms with Crippen molar-refractivity contribution in [1.82, 2.24) is 4.31 Å². The molecule has 1 aliphatic rings. The van der Waals surface area contributed by atoms with Crippen LogP contribution in [0.1, 0.15) is 78.6 Å². The van der Waals surface area contributed by atoms with E-state index in [1.54, 1.807) is 0 Å². The van der Waals surface area contributed by atoms with Gasteiger partial charge >= 0.3 is 0 Å². The predicted molar refractivity (Wildman–Crippen MR) is 89.0 cm³/mol. The molecule has 0 unspecified atom stereocenters. The molecule has 112 valence electrons. The summed E-state index contributed by atoms with van der Waals surface area (Å²) in [6.07, 6.45) is 12.1. The van der Waals surface area contributed by atoms with Crippen LogP contribution in [0.3, 0.4) is 0 Å². The van der Waals surface area contributed by atoms with Crippen LogP contribution < -0.4 is 0 Å². The number of hydrogen-bond donors (Lipinski definition) is 0. The molecule has 0 N–H and O–H groups in total. The van der Waals surface area contributed by atoms with Gasteiger partial charge in [-0.2, -0.15) is 0 Å². The van der Waals surface area contributed by atoms with E-state index in [0.29, 0.717) is 0 Å². The van der Waals surface area contributed by atoms with Crippen molar-refractivity contribution >= 4 is 17.8 Å². The number of nitrogens with zero attached hydrogens (tertiary/aromatic N) is 2. The molecule has 1 saturated carbocycles. The lowest BCUT2D eigenvalue weighted by molar-refractivity contribution is 0.505. The molecule has 0 heterocycles. The van der Waals surface area contributed by atoms with E-state index in [4.69, 9.17) is 4.99 Å². The fourth-order valence-corrected chi connectivity index (χ4v) is 3.77. The van der Waals surface area contributed by atoms with Gasteiger partial charge in [-0.05, 0) is 44.6 Å². The Balaban J connectivity index is 2.46. The molecular weight excluding hydrogens is 252 g/mol. The first kappa shape index (κ1) is 16.9. The summed E-state index contributed by atoms with van der Waals surface area (Å²) in [7, 11) is 0. The van der Waals surface area contributed by atoms with Crippen molar-refractivity contribution in [2.24, 2.45) is 4.99 Å². The Morgan fingerprint density at radius 1 is 1.11 bits per heavy atom. The third-order valence-electron chi connectivity index (χ3n) is 3.76. The molecule has 0 bridgehead atoms. The number of amidine groups is 1. The first-order valence-electron chi connectivity index (χ1n) is 8.23. The average molecular weight is 285 g/mol.